The van der Waals surface area contributed by atoms with Crippen molar-refractivity contribution in [3.8, 4) is 0 Å². The number of hydrogen-bond donors (Lipinski definition) is 3. The Morgan fingerprint density at radius 1 is 0.329 bits per heavy atom. The zero-order valence-corrected chi connectivity index (χ0v) is 50.0. The average Bonchev–Trinajstić information content (AvgIpc) is 3.42. The quantitative estimate of drug-likeness (QED) is 0.0420. The van der Waals surface area contributed by atoms with Gasteiger partial charge in [-0.3, -0.25) is 4.79 Å². The lowest BCUT2D eigenvalue weighted by atomic mass is 10.0. The smallest absolute Gasteiger partial charge is 0.220 e. The third kappa shape index (κ3) is 61.4. The molecule has 0 aromatic rings. The molecule has 0 saturated carbocycles. The summed E-state index contributed by atoms with van der Waals surface area (Å²) in [6.45, 7) is 4.19. The molecule has 76 heavy (non-hydrogen) atoms. The molecule has 3 N–H and O–H groups in total. The minimum absolute atomic E-state index is 0.0810. The molecular weight excluding hydrogens is 927 g/mol. The predicted octanol–water partition coefficient (Wildman–Crippen LogP) is 22.1. The number of aliphatic hydroxyl groups is 2. The number of amides is 1. The molecule has 4 nitrogen and oxygen atoms in total. The minimum atomic E-state index is -0.879. The summed E-state index contributed by atoms with van der Waals surface area (Å²) in [5.41, 5.74) is 0. The van der Waals surface area contributed by atoms with Crippen molar-refractivity contribution in [2.45, 2.75) is 309 Å². The van der Waals surface area contributed by atoms with Gasteiger partial charge in [0.1, 0.15) is 0 Å². The summed E-state index contributed by atoms with van der Waals surface area (Å²) >= 11 is 0. The number of carbonyl (C=O) groups is 1. The van der Waals surface area contributed by atoms with Gasteiger partial charge in [-0.15, -0.1) is 0 Å². The summed E-state index contributed by atoms with van der Waals surface area (Å²) in [5.74, 6) is -0.0810. The minimum Gasteiger partial charge on any atom is -0.394 e. The maximum absolute atomic E-state index is 12.5. The molecule has 0 heterocycles. The fraction of sp³-hybridized carbons (Fsp3) is 0.681. The Kier molecular flexibility index (Phi) is 62.8. The predicted molar refractivity (Wildman–Crippen MR) is 340 cm³/mol. The van der Waals surface area contributed by atoms with Gasteiger partial charge in [0.2, 0.25) is 5.91 Å². The van der Waals surface area contributed by atoms with E-state index < -0.39 is 12.1 Å². The molecule has 0 aliphatic heterocycles. The molecule has 0 aromatic heterocycles. The molecule has 0 aliphatic rings. The van der Waals surface area contributed by atoms with Crippen molar-refractivity contribution >= 4 is 5.91 Å². The van der Waals surface area contributed by atoms with Crippen LogP contribution in [0.25, 0.3) is 0 Å². The molecule has 0 spiro atoms. The second kappa shape index (κ2) is 65.8. The third-order valence-electron chi connectivity index (χ3n) is 14.1. The number of rotatable bonds is 58. The number of hydrogen-bond acceptors (Lipinski definition) is 3. The zero-order valence-electron chi connectivity index (χ0n) is 50.0. The molecule has 2 unspecified atom stereocenters. The lowest BCUT2D eigenvalue weighted by Crippen LogP contribution is -2.45. The molecule has 434 valence electrons. The molecule has 0 aromatic carbocycles. The normalized spacial score (nSPS) is 13.7. The van der Waals surface area contributed by atoms with E-state index in [0.29, 0.717) is 6.42 Å². The van der Waals surface area contributed by atoms with Crippen LogP contribution in [-0.2, 0) is 4.79 Å². The summed E-state index contributed by atoms with van der Waals surface area (Å²) in [6.07, 6.45) is 102. The first-order chi connectivity index (χ1) is 37.7. The van der Waals surface area contributed by atoms with Crippen LogP contribution in [0.5, 0.6) is 0 Å². The first kappa shape index (κ1) is 72.5. The largest absolute Gasteiger partial charge is 0.394 e. The van der Waals surface area contributed by atoms with E-state index in [-0.39, 0.29) is 12.5 Å². The number of aliphatic hydroxyl groups excluding tert-OH is 2. The average molecular weight is 1050 g/mol. The summed E-state index contributed by atoms with van der Waals surface area (Å²) in [4.78, 5) is 12.5. The van der Waals surface area contributed by atoms with Gasteiger partial charge in [0.15, 0.2) is 0 Å². The standard InChI is InChI=1S/C72H123NO3/c1-3-5-7-9-11-13-15-17-19-21-23-25-27-29-30-31-32-33-34-35-36-37-38-39-40-41-42-44-46-48-50-52-54-56-58-60-62-64-66-68-72(76)73-70(69-74)71(75)67-65-63-61-59-57-55-53-51-49-47-45-43-28-26-24-22-20-18-16-14-12-10-8-6-4-2/h5,7,11,13,17,19,23,25,29-30,32-33,35-36,38-39,49,51,57,59,65,67,70-71,74-75H,3-4,6,8-10,12,14-16,18,20-22,24,26-28,31,34,37,40-48,50,52-56,58,60-64,66,68-69H2,1-2H3,(H,73,76)/b7-5-,13-11-,19-17-,25-23-,30-29-,33-32-,36-35-,39-38-,51-49+,59-57+,67-65+. The Bertz CT molecular complexity index is 1520. The highest BCUT2D eigenvalue weighted by molar-refractivity contribution is 5.76. The number of allylic oxidation sites excluding steroid dienone is 21. The van der Waals surface area contributed by atoms with E-state index in [1.54, 1.807) is 6.08 Å². The Hall–Kier alpha value is -3.47. The van der Waals surface area contributed by atoms with Gasteiger partial charge in [-0.1, -0.05) is 314 Å². The van der Waals surface area contributed by atoms with Crippen molar-refractivity contribution in [2.75, 3.05) is 6.61 Å². The van der Waals surface area contributed by atoms with Crippen molar-refractivity contribution < 1.29 is 15.0 Å². The highest BCUT2D eigenvalue weighted by atomic mass is 16.3. The van der Waals surface area contributed by atoms with E-state index in [1.807, 2.05) is 6.08 Å². The maximum Gasteiger partial charge on any atom is 0.220 e. The molecule has 4 heteroatoms. The number of unbranched alkanes of at least 4 members (excludes halogenated alkanes) is 31. The van der Waals surface area contributed by atoms with E-state index >= 15 is 0 Å². The van der Waals surface area contributed by atoms with Crippen LogP contribution >= 0.6 is 0 Å². The van der Waals surface area contributed by atoms with Gasteiger partial charge in [-0.25, -0.2) is 0 Å². The van der Waals surface area contributed by atoms with E-state index in [0.717, 1.165) is 89.9 Å². The molecule has 1 amide bonds. The molecule has 2 atom stereocenters. The topological polar surface area (TPSA) is 69.6 Å². The second-order valence-corrected chi connectivity index (χ2v) is 21.4. The Morgan fingerprint density at radius 2 is 0.592 bits per heavy atom. The highest BCUT2D eigenvalue weighted by Crippen LogP contribution is 2.16. The van der Waals surface area contributed by atoms with E-state index in [4.69, 9.17) is 0 Å². The zero-order chi connectivity index (χ0) is 54.8. The summed E-state index contributed by atoms with van der Waals surface area (Å²) in [5, 5.41) is 23.2. The highest BCUT2D eigenvalue weighted by Gasteiger charge is 2.18. The Morgan fingerprint density at radius 3 is 0.921 bits per heavy atom. The molecule has 0 aliphatic carbocycles. The Labute approximate surface area is 472 Å². The van der Waals surface area contributed by atoms with Crippen LogP contribution in [0.4, 0.5) is 0 Å². The lowest BCUT2D eigenvalue weighted by molar-refractivity contribution is -0.123. The van der Waals surface area contributed by atoms with Crippen LogP contribution in [0.15, 0.2) is 134 Å². The molecule has 0 fully saturated rings. The van der Waals surface area contributed by atoms with Crippen LogP contribution in [0.2, 0.25) is 0 Å². The van der Waals surface area contributed by atoms with E-state index in [9.17, 15) is 15.0 Å². The summed E-state index contributed by atoms with van der Waals surface area (Å²) in [6, 6.07) is -0.655. The van der Waals surface area contributed by atoms with Crippen molar-refractivity contribution in [1.82, 2.24) is 5.32 Å². The van der Waals surface area contributed by atoms with Gasteiger partial charge in [0.25, 0.3) is 0 Å². The van der Waals surface area contributed by atoms with Gasteiger partial charge in [0.05, 0.1) is 18.8 Å². The number of carbonyl (C=O) groups excluding carboxylic acids is 1. The van der Waals surface area contributed by atoms with Crippen molar-refractivity contribution in [1.29, 1.82) is 0 Å². The molecule has 0 rings (SSSR count). The Balaban J connectivity index is 3.58. The van der Waals surface area contributed by atoms with Gasteiger partial charge >= 0.3 is 0 Å². The second-order valence-electron chi connectivity index (χ2n) is 21.4. The van der Waals surface area contributed by atoms with Crippen LogP contribution in [0.3, 0.4) is 0 Å². The molecule has 0 radical (unpaired) electrons. The fourth-order valence-electron chi connectivity index (χ4n) is 9.23. The number of nitrogens with one attached hydrogen (secondary N) is 1. The van der Waals surface area contributed by atoms with Crippen LogP contribution in [0, 0.1) is 0 Å². The van der Waals surface area contributed by atoms with Gasteiger partial charge in [0, 0.05) is 6.42 Å². The summed E-state index contributed by atoms with van der Waals surface area (Å²) < 4.78 is 0. The van der Waals surface area contributed by atoms with Gasteiger partial charge in [-0.05, 0) is 109 Å². The SMILES string of the molecule is CC/C=C\C/C=C\C/C=C\C/C=C\C/C=C\C/C=C\C/C=C\C/C=C\CCCCCCCCCCCCCCCCC(=O)NC(CO)C(O)/C=C/CC/C=C/CC/C=C/CCCCCCCCCCCCCCCCC. The van der Waals surface area contributed by atoms with Crippen LogP contribution in [-0.4, -0.2) is 34.9 Å². The van der Waals surface area contributed by atoms with E-state index in [1.165, 1.54) is 186 Å². The fourth-order valence-corrected chi connectivity index (χ4v) is 9.23. The van der Waals surface area contributed by atoms with Crippen molar-refractivity contribution in [3.05, 3.63) is 134 Å². The van der Waals surface area contributed by atoms with E-state index in [2.05, 4.69) is 141 Å². The molecular formula is C72H123NO3. The van der Waals surface area contributed by atoms with Gasteiger partial charge in [-0.2, -0.15) is 0 Å². The van der Waals surface area contributed by atoms with Gasteiger partial charge < -0.3 is 15.5 Å². The summed E-state index contributed by atoms with van der Waals surface area (Å²) in [7, 11) is 0. The van der Waals surface area contributed by atoms with Crippen molar-refractivity contribution in [2.24, 2.45) is 0 Å². The van der Waals surface area contributed by atoms with Crippen LogP contribution in [0.1, 0.15) is 296 Å². The van der Waals surface area contributed by atoms with Crippen molar-refractivity contribution in [3.63, 3.8) is 0 Å². The maximum atomic E-state index is 12.5. The first-order valence-corrected chi connectivity index (χ1v) is 32.4. The molecule has 0 bridgehead atoms. The first-order valence-electron chi connectivity index (χ1n) is 32.4. The molecule has 0 saturated heterocycles. The van der Waals surface area contributed by atoms with Crippen LogP contribution < -0.4 is 5.32 Å². The lowest BCUT2D eigenvalue weighted by Gasteiger charge is -2.19. The third-order valence-corrected chi connectivity index (χ3v) is 14.1. The monoisotopic (exact) mass is 1050 g/mol.